The van der Waals surface area contributed by atoms with E-state index in [1.165, 1.54) is 21.0 Å². The van der Waals surface area contributed by atoms with Gasteiger partial charge in [0.2, 0.25) is 0 Å². The first-order chi connectivity index (χ1) is 15.0. The number of fused-ring (bicyclic) bond motifs is 2. The minimum atomic E-state index is -0.899. The molecule has 7 fully saturated rings. The van der Waals surface area contributed by atoms with Crippen molar-refractivity contribution in [1.29, 1.82) is 0 Å². The van der Waals surface area contributed by atoms with Crippen LogP contribution < -0.4 is 0 Å². The van der Waals surface area contributed by atoms with E-state index < -0.39 is 34.4 Å². The Morgan fingerprint density at radius 2 is 1.88 bits per heavy atom. The topological polar surface area (TPSA) is 96.0 Å². The molecule has 2 spiro atoms. The molecule has 0 aromatic carbocycles. The van der Waals surface area contributed by atoms with Crippen molar-refractivity contribution < 1.29 is 33.4 Å². The maximum absolute atomic E-state index is 13.7. The Morgan fingerprint density at radius 3 is 2.50 bits per heavy atom. The number of esters is 3. The standard InChI is InChI=1S/C25H30O7/c1-11-9-23-10-24(11,32-13(3)27)7-6-15(23)25-14-8-16(31-12(2)26)22(4,20(28)17(14)25)19(25)18(23)21(29)30-5/h14-19H,1,6-10H2,2-5H3/t14-,15-,16+,17?,18-,19-,22-,23+,24+,25+/m1/s1. The molecule has 0 heterocycles. The Bertz CT molecular complexity index is 1020. The third-order valence-corrected chi connectivity index (χ3v) is 10.6. The van der Waals surface area contributed by atoms with Crippen LogP contribution in [0.4, 0.5) is 0 Å². The highest BCUT2D eigenvalue weighted by Gasteiger charge is 2.95. The van der Waals surface area contributed by atoms with Gasteiger partial charge in [-0.2, -0.15) is 0 Å². The van der Waals surface area contributed by atoms with Crippen LogP contribution in [0.3, 0.4) is 0 Å². The van der Waals surface area contributed by atoms with Crippen molar-refractivity contribution in [2.45, 2.75) is 64.6 Å². The van der Waals surface area contributed by atoms with Gasteiger partial charge in [0, 0.05) is 19.8 Å². The fourth-order valence-corrected chi connectivity index (χ4v) is 10.1. The van der Waals surface area contributed by atoms with Crippen molar-refractivity contribution in [3.05, 3.63) is 12.2 Å². The van der Waals surface area contributed by atoms with E-state index in [1.54, 1.807) is 0 Å². The van der Waals surface area contributed by atoms with Crippen LogP contribution in [0.25, 0.3) is 0 Å². The molecule has 7 saturated carbocycles. The summed E-state index contributed by atoms with van der Waals surface area (Å²) < 4.78 is 16.9. The Balaban J connectivity index is 1.52. The second kappa shape index (κ2) is 5.65. The van der Waals surface area contributed by atoms with Crippen molar-refractivity contribution in [1.82, 2.24) is 0 Å². The highest BCUT2D eigenvalue weighted by molar-refractivity contribution is 5.98. The van der Waals surface area contributed by atoms with Crippen LogP contribution in [0, 0.1) is 45.8 Å². The van der Waals surface area contributed by atoms with E-state index in [0.717, 1.165) is 12.0 Å². The molecule has 0 aromatic heterocycles. The highest BCUT2D eigenvalue weighted by Crippen LogP contribution is 2.93. The van der Waals surface area contributed by atoms with E-state index in [2.05, 4.69) is 6.58 Å². The number of methoxy groups -OCH3 is 1. The summed E-state index contributed by atoms with van der Waals surface area (Å²) in [5.41, 5.74) is -1.45. The van der Waals surface area contributed by atoms with Crippen LogP contribution in [-0.4, -0.2) is 42.5 Å². The number of ketones is 1. The SMILES string of the molecule is C=C1C[C@]23C[C@@]1(OC(C)=O)CC[C@H]2[C@]12C4C(=O)[C@](C)([C@@H](OC(C)=O)C[C@H]41)[C@H]2[C@@H]3C(=O)OC. The smallest absolute Gasteiger partial charge is 0.309 e. The molecule has 172 valence electrons. The number of ether oxygens (including phenoxy) is 3. The molecule has 7 aliphatic rings. The van der Waals surface area contributed by atoms with E-state index in [-0.39, 0.29) is 46.8 Å². The molecule has 0 amide bonds. The zero-order valence-electron chi connectivity index (χ0n) is 19.1. The molecule has 1 unspecified atom stereocenters. The van der Waals surface area contributed by atoms with Crippen molar-refractivity contribution in [2.75, 3.05) is 7.11 Å². The molecule has 0 N–H and O–H groups in total. The van der Waals surface area contributed by atoms with Gasteiger partial charge in [-0.05, 0) is 73.2 Å². The van der Waals surface area contributed by atoms with Gasteiger partial charge in [0.25, 0.3) is 0 Å². The fourth-order valence-electron chi connectivity index (χ4n) is 10.1. The second-order valence-electron chi connectivity index (χ2n) is 11.4. The molecule has 7 heteroatoms. The summed E-state index contributed by atoms with van der Waals surface area (Å²) in [6.45, 7) is 9.00. The summed E-state index contributed by atoms with van der Waals surface area (Å²) in [4.78, 5) is 51.0. The lowest BCUT2D eigenvalue weighted by atomic mass is 9.58. The van der Waals surface area contributed by atoms with Gasteiger partial charge in [-0.3, -0.25) is 19.2 Å². The molecule has 32 heavy (non-hydrogen) atoms. The predicted molar refractivity (Wildman–Crippen MR) is 110 cm³/mol. The molecule has 10 atom stereocenters. The number of carbonyl (C=O) groups is 4. The summed E-state index contributed by atoms with van der Waals surface area (Å²) in [7, 11) is 1.40. The van der Waals surface area contributed by atoms with Gasteiger partial charge in [0.15, 0.2) is 0 Å². The molecule has 7 nitrogen and oxygen atoms in total. The van der Waals surface area contributed by atoms with Gasteiger partial charge in [-0.15, -0.1) is 0 Å². The van der Waals surface area contributed by atoms with Crippen LogP contribution in [-0.2, 0) is 33.4 Å². The third kappa shape index (κ3) is 1.86. The van der Waals surface area contributed by atoms with Crippen molar-refractivity contribution >= 4 is 23.7 Å². The first kappa shape index (κ1) is 20.4. The Hall–Kier alpha value is -2.18. The minimum absolute atomic E-state index is 0.0732. The molecular formula is C25H30O7. The first-order valence-electron chi connectivity index (χ1n) is 11.7. The Labute approximate surface area is 187 Å². The van der Waals surface area contributed by atoms with E-state index >= 15 is 0 Å². The van der Waals surface area contributed by atoms with Gasteiger partial charge in [-0.25, -0.2) is 0 Å². The van der Waals surface area contributed by atoms with Gasteiger partial charge >= 0.3 is 17.9 Å². The molecule has 7 rings (SSSR count). The average molecular weight is 443 g/mol. The lowest BCUT2D eigenvalue weighted by molar-refractivity contribution is -0.174. The van der Waals surface area contributed by atoms with Gasteiger partial charge in [0.05, 0.1) is 18.4 Å². The number of Topliss-reactive ketones (excluding diaryl/α,β-unsaturated/α-hetero) is 1. The van der Waals surface area contributed by atoms with Crippen molar-refractivity contribution in [2.24, 2.45) is 45.8 Å². The van der Waals surface area contributed by atoms with E-state index in [9.17, 15) is 19.2 Å². The molecule has 0 saturated heterocycles. The summed E-state index contributed by atoms with van der Waals surface area (Å²) in [5.74, 6) is -1.39. The monoisotopic (exact) mass is 442 g/mol. The molecule has 0 radical (unpaired) electrons. The zero-order chi connectivity index (χ0) is 23.0. The molecule has 6 bridgehead atoms. The summed E-state index contributed by atoms with van der Waals surface area (Å²) >= 11 is 0. The van der Waals surface area contributed by atoms with Crippen molar-refractivity contribution in [3.8, 4) is 0 Å². The third-order valence-electron chi connectivity index (χ3n) is 10.6. The van der Waals surface area contributed by atoms with Gasteiger partial charge in [0.1, 0.15) is 17.5 Å². The second-order valence-corrected chi connectivity index (χ2v) is 11.4. The number of hydrogen-bond acceptors (Lipinski definition) is 7. The summed E-state index contributed by atoms with van der Waals surface area (Å²) in [6, 6.07) is 0. The maximum Gasteiger partial charge on any atom is 0.309 e. The van der Waals surface area contributed by atoms with E-state index in [4.69, 9.17) is 14.2 Å². The quantitative estimate of drug-likeness (QED) is 0.377. The number of hydrogen-bond donors (Lipinski definition) is 0. The van der Waals surface area contributed by atoms with Crippen LogP contribution in [0.1, 0.15) is 52.9 Å². The molecule has 0 aliphatic heterocycles. The number of carbonyl (C=O) groups excluding carboxylic acids is 4. The lowest BCUT2D eigenvalue weighted by Gasteiger charge is -2.47. The summed E-state index contributed by atoms with van der Waals surface area (Å²) in [5, 5.41) is 0. The van der Waals surface area contributed by atoms with Crippen molar-refractivity contribution in [3.63, 3.8) is 0 Å². The van der Waals surface area contributed by atoms with Crippen LogP contribution >= 0.6 is 0 Å². The van der Waals surface area contributed by atoms with Gasteiger partial charge in [-0.1, -0.05) is 6.58 Å². The lowest BCUT2D eigenvalue weighted by Crippen LogP contribution is -2.55. The summed E-state index contributed by atoms with van der Waals surface area (Å²) in [6.07, 6.45) is 2.80. The van der Waals surface area contributed by atoms with E-state index in [0.29, 0.717) is 25.7 Å². The van der Waals surface area contributed by atoms with Crippen LogP contribution in [0.5, 0.6) is 0 Å². The van der Waals surface area contributed by atoms with Crippen LogP contribution in [0.15, 0.2) is 12.2 Å². The average Bonchev–Trinajstić information content (AvgIpc) is 3.12. The predicted octanol–water partition coefficient (Wildman–Crippen LogP) is 2.61. The minimum Gasteiger partial charge on any atom is -0.469 e. The molecule has 0 aromatic rings. The largest absolute Gasteiger partial charge is 0.469 e. The Kier molecular flexibility index (Phi) is 3.61. The maximum atomic E-state index is 13.7. The first-order valence-corrected chi connectivity index (χ1v) is 11.7. The zero-order valence-corrected chi connectivity index (χ0v) is 19.1. The fraction of sp³-hybridized carbons (Fsp3) is 0.760. The molecule has 7 aliphatic carbocycles. The van der Waals surface area contributed by atoms with Crippen LogP contribution in [0.2, 0.25) is 0 Å². The normalized spacial score (nSPS) is 53.4. The van der Waals surface area contributed by atoms with Gasteiger partial charge < -0.3 is 14.2 Å². The van der Waals surface area contributed by atoms with E-state index in [1.807, 2.05) is 6.92 Å². The Morgan fingerprint density at radius 1 is 1.16 bits per heavy atom. The molecular weight excluding hydrogens is 412 g/mol. The highest BCUT2D eigenvalue weighted by atomic mass is 16.6. The number of rotatable bonds is 3.